The molecule has 1 aliphatic carbocycles. The molecule has 20 heavy (non-hydrogen) atoms. The van der Waals surface area contributed by atoms with Crippen LogP contribution in [0, 0.1) is 18.7 Å². The zero-order valence-corrected chi connectivity index (χ0v) is 12.6. The van der Waals surface area contributed by atoms with Crippen molar-refractivity contribution in [1.29, 1.82) is 0 Å². The molecule has 1 aliphatic rings. The van der Waals surface area contributed by atoms with Gasteiger partial charge in [-0.25, -0.2) is 17.5 Å². The SMILES string of the molecule is CCC(CC1CC1)NS(=O)(=O)c1cc(N)cc(F)c1C. The number of rotatable bonds is 6. The van der Waals surface area contributed by atoms with Crippen LogP contribution in [-0.2, 0) is 10.0 Å². The second-order valence-electron chi connectivity index (χ2n) is 5.53. The van der Waals surface area contributed by atoms with E-state index in [1.807, 2.05) is 6.92 Å². The standard InChI is InChI=1S/C14H21FN2O2S/c1-3-12(6-10-4-5-10)17-20(18,19)14-8-11(16)7-13(15)9(14)2/h7-8,10,12,17H,3-6,16H2,1-2H3. The van der Waals surface area contributed by atoms with Crippen molar-refractivity contribution in [3.05, 3.63) is 23.5 Å². The van der Waals surface area contributed by atoms with Crippen LogP contribution in [0.1, 0.15) is 38.2 Å². The van der Waals surface area contributed by atoms with Crippen molar-refractivity contribution in [3.63, 3.8) is 0 Å². The first-order chi connectivity index (χ1) is 9.33. The maximum absolute atomic E-state index is 13.6. The molecule has 1 saturated carbocycles. The lowest BCUT2D eigenvalue weighted by molar-refractivity contribution is 0.494. The van der Waals surface area contributed by atoms with Gasteiger partial charge in [0, 0.05) is 17.3 Å². The van der Waals surface area contributed by atoms with Crippen molar-refractivity contribution in [2.45, 2.75) is 50.5 Å². The van der Waals surface area contributed by atoms with Crippen LogP contribution >= 0.6 is 0 Å². The molecule has 0 aliphatic heterocycles. The summed E-state index contributed by atoms with van der Waals surface area (Å²) < 4.78 is 41.1. The van der Waals surface area contributed by atoms with Crippen molar-refractivity contribution in [2.75, 3.05) is 5.73 Å². The van der Waals surface area contributed by atoms with E-state index >= 15 is 0 Å². The fourth-order valence-electron chi connectivity index (χ4n) is 2.29. The van der Waals surface area contributed by atoms with Crippen molar-refractivity contribution < 1.29 is 12.8 Å². The zero-order valence-electron chi connectivity index (χ0n) is 11.8. The van der Waals surface area contributed by atoms with Gasteiger partial charge in [0.2, 0.25) is 10.0 Å². The number of halogens is 1. The minimum Gasteiger partial charge on any atom is -0.399 e. The van der Waals surface area contributed by atoms with Gasteiger partial charge in [0.1, 0.15) is 5.82 Å². The molecule has 1 atom stereocenters. The molecule has 4 nitrogen and oxygen atoms in total. The summed E-state index contributed by atoms with van der Waals surface area (Å²) in [5.41, 5.74) is 5.77. The van der Waals surface area contributed by atoms with E-state index in [0.29, 0.717) is 5.92 Å². The summed E-state index contributed by atoms with van der Waals surface area (Å²) in [5.74, 6) is 0.0296. The molecular weight excluding hydrogens is 279 g/mol. The molecule has 1 unspecified atom stereocenters. The van der Waals surface area contributed by atoms with Gasteiger partial charge in [0.15, 0.2) is 0 Å². The van der Waals surface area contributed by atoms with Gasteiger partial charge < -0.3 is 5.73 Å². The lowest BCUT2D eigenvalue weighted by Gasteiger charge is -2.18. The molecule has 0 heterocycles. The zero-order chi connectivity index (χ0) is 14.9. The highest BCUT2D eigenvalue weighted by atomic mass is 32.2. The highest BCUT2D eigenvalue weighted by molar-refractivity contribution is 7.89. The largest absolute Gasteiger partial charge is 0.399 e. The highest BCUT2D eigenvalue weighted by Crippen LogP contribution is 2.34. The van der Waals surface area contributed by atoms with Gasteiger partial charge >= 0.3 is 0 Å². The molecule has 1 fully saturated rings. The predicted octanol–water partition coefficient (Wildman–Crippen LogP) is 2.57. The van der Waals surface area contributed by atoms with Crippen molar-refractivity contribution in [2.24, 2.45) is 5.92 Å². The van der Waals surface area contributed by atoms with Gasteiger partial charge in [-0.2, -0.15) is 0 Å². The molecule has 0 bridgehead atoms. The Kier molecular flexibility index (Phi) is 4.34. The Labute approximate surface area is 119 Å². The Balaban J connectivity index is 2.24. The first-order valence-corrected chi connectivity index (χ1v) is 8.39. The maximum Gasteiger partial charge on any atom is 0.241 e. The number of sulfonamides is 1. The summed E-state index contributed by atoms with van der Waals surface area (Å²) in [4.78, 5) is -0.0655. The monoisotopic (exact) mass is 300 g/mol. The molecule has 0 spiro atoms. The smallest absolute Gasteiger partial charge is 0.241 e. The van der Waals surface area contributed by atoms with Crippen molar-refractivity contribution in [1.82, 2.24) is 4.72 Å². The number of nitrogens with one attached hydrogen (secondary N) is 1. The topological polar surface area (TPSA) is 72.2 Å². The third-order valence-corrected chi connectivity index (χ3v) is 5.38. The molecular formula is C14H21FN2O2S. The van der Waals surface area contributed by atoms with Crippen LogP contribution in [0.25, 0.3) is 0 Å². The van der Waals surface area contributed by atoms with Crippen LogP contribution in [0.5, 0.6) is 0 Å². The van der Waals surface area contributed by atoms with E-state index in [-0.39, 0.29) is 22.2 Å². The summed E-state index contributed by atoms with van der Waals surface area (Å²) in [6.45, 7) is 3.40. The lowest BCUT2D eigenvalue weighted by Crippen LogP contribution is -2.35. The average molecular weight is 300 g/mol. The van der Waals surface area contributed by atoms with E-state index in [0.717, 1.165) is 18.9 Å². The van der Waals surface area contributed by atoms with Crippen LogP contribution in [0.3, 0.4) is 0 Å². The predicted molar refractivity (Wildman–Crippen MR) is 77.3 cm³/mol. The van der Waals surface area contributed by atoms with E-state index in [2.05, 4.69) is 4.72 Å². The van der Waals surface area contributed by atoms with Crippen LogP contribution in [0.4, 0.5) is 10.1 Å². The van der Waals surface area contributed by atoms with Gasteiger partial charge in [-0.15, -0.1) is 0 Å². The number of anilines is 1. The van der Waals surface area contributed by atoms with E-state index in [1.54, 1.807) is 0 Å². The molecule has 0 radical (unpaired) electrons. The number of hydrogen-bond acceptors (Lipinski definition) is 3. The first kappa shape index (κ1) is 15.3. The summed E-state index contributed by atoms with van der Waals surface area (Å²) in [7, 11) is -3.74. The van der Waals surface area contributed by atoms with E-state index in [9.17, 15) is 12.8 Å². The maximum atomic E-state index is 13.6. The fourth-order valence-corrected chi connectivity index (χ4v) is 3.91. The van der Waals surface area contributed by atoms with Crippen LogP contribution < -0.4 is 10.5 Å². The Morgan fingerprint density at radius 1 is 1.45 bits per heavy atom. The Hall–Kier alpha value is -1.14. The number of nitrogen functional groups attached to an aromatic ring is 1. The summed E-state index contributed by atoms with van der Waals surface area (Å²) in [5, 5.41) is 0. The molecule has 3 N–H and O–H groups in total. The van der Waals surface area contributed by atoms with Gasteiger partial charge in [-0.1, -0.05) is 19.8 Å². The van der Waals surface area contributed by atoms with Crippen LogP contribution in [0.15, 0.2) is 17.0 Å². The minimum atomic E-state index is -3.74. The van der Waals surface area contributed by atoms with E-state index in [1.165, 1.54) is 25.8 Å². The normalized spacial score (nSPS) is 17.1. The quantitative estimate of drug-likeness (QED) is 0.793. The van der Waals surface area contributed by atoms with Crippen molar-refractivity contribution in [3.8, 4) is 0 Å². The van der Waals surface area contributed by atoms with Gasteiger partial charge in [0.05, 0.1) is 4.90 Å². The third kappa shape index (κ3) is 3.49. The molecule has 1 aromatic rings. The average Bonchev–Trinajstić information content (AvgIpc) is 3.16. The van der Waals surface area contributed by atoms with Crippen LogP contribution in [0.2, 0.25) is 0 Å². The van der Waals surface area contributed by atoms with Gasteiger partial charge in [-0.3, -0.25) is 0 Å². The Morgan fingerprint density at radius 2 is 2.10 bits per heavy atom. The molecule has 2 rings (SSSR count). The number of hydrogen-bond donors (Lipinski definition) is 2. The first-order valence-electron chi connectivity index (χ1n) is 6.91. The van der Waals surface area contributed by atoms with Gasteiger partial charge in [-0.05, 0) is 37.8 Å². The molecule has 6 heteroatoms. The molecule has 0 aromatic heterocycles. The second kappa shape index (κ2) is 5.69. The number of benzene rings is 1. The van der Waals surface area contributed by atoms with E-state index in [4.69, 9.17) is 5.73 Å². The van der Waals surface area contributed by atoms with Crippen molar-refractivity contribution >= 4 is 15.7 Å². The molecule has 0 amide bonds. The molecule has 0 saturated heterocycles. The van der Waals surface area contributed by atoms with E-state index < -0.39 is 15.8 Å². The van der Waals surface area contributed by atoms with Gasteiger partial charge in [0.25, 0.3) is 0 Å². The summed E-state index contributed by atoms with van der Waals surface area (Å²) in [6.07, 6.45) is 3.91. The minimum absolute atomic E-state index is 0.0655. The number of nitrogens with two attached hydrogens (primary N) is 1. The third-order valence-electron chi connectivity index (χ3n) is 3.74. The van der Waals surface area contributed by atoms with Crippen LogP contribution in [-0.4, -0.2) is 14.5 Å². The lowest BCUT2D eigenvalue weighted by atomic mass is 10.1. The summed E-state index contributed by atoms with van der Waals surface area (Å²) in [6, 6.07) is 2.34. The highest BCUT2D eigenvalue weighted by Gasteiger charge is 2.28. The fraction of sp³-hybridized carbons (Fsp3) is 0.571. The molecule has 112 valence electrons. The molecule has 1 aromatic carbocycles. The Bertz CT molecular complexity index is 597. The second-order valence-corrected chi connectivity index (χ2v) is 7.21. The Morgan fingerprint density at radius 3 is 2.65 bits per heavy atom. The summed E-state index contributed by atoms with van der Waals surface area (Å²) >= 11 is 0.